The lowest BCUT2D eigenvalue weighted by molar-refractivity contribution is 0.281. The van der Waals surface area contributed by atoms with Crippen LogP contribution in [0.5, 0.6) is 11.5 Å². The summed E-state index contributed by atoms with van der Waals surface area (Å²) in [5.74, 6) is 1.20. The van der Waals surface area contributed by atoms with Gasteiger partial charge in [-0.05, 0) is 43.3 Å². The molecule has 22 heavy (non-hydrogen) atoms. The number of nitrogens with zero attached hydrogens (tertiary/aromatic N) is 1. The predicted octanol–water partition coefficient (Wildman–Crippen LogP) is 2.67. The smallest absolute Gasteiger partial charge is 0.264 e. The minimum absolute atomic E-state index is 0.233. The molecule has 0 spiro atoms. The van der Waals surface area contributed by atoms with Gasteiger partial charge in [-0.3, -0.25) is 4.31 Å². The van der Waals surface area contributed by atoms with Gasteiger partial charge in [-0.25, -0.2) is 8.42 Å². The molecule has 0 aromatic heterocycles. The van der Waals surface area contributed by atoms with Crippen LogP contribution in [0.3, 0.4) is 0 Å². The first kappa shape index (κ1) is 14.7. The van der Waals surface area contributed by atoms with Gasteiger partial charge in [-0.1, -0.05) is 12.1 Å². The Morgan fingerprint density at radius 3 is 2.50 bits per heavy atom. The maximum Gasteiger partial charge on any atom is 0.264 e. The number of ether oxygens (including phenoxy) is 2. The van der Waals surface area contributed by atoms with Gasteiger partial charge in [0.25, 0.3) is 10.0 Å². The predicted molar refractivity (Wildman–Crippen MR) is 84.1 cm³/mol. The molecule has 0 saturated carbocycles. The van der Waals surface area contributed by atoms with E-state index in [1.54, 1.807) is 49.6 Å². The second-order valence-corrected chi connectivity index (χ2v) is 6.92. The van der Waals surface area contributed by atoms with Gasteiger partial charge in [0.05, 0.1) is 23.7 Å². The van der Waals surface area contributed by atoms with E-state index < -0.39 is 10.0 Å². The van der Waals surface area contributed by atoms with Crippen molar-refractivity contribution in [3.05, 3.63) is 48.5 Å². The number of hydrogen-bond donors (Lipinski definition) is 0. The van der Waals surface area contributed by atoms with Crippen molar-refractivity contribution >= 4 is 15.7 Å². The molecule has 0 aliphatic carbocycles. The third-order valence-electron chi connectivity index (χ3n) is 3.60. The Morgan fingerprint density at radius 2 is 1.82 bits per heavy atom. The normalized spacial score (nSPS) is 17.5. The van der Waals surface area contributed by atoms with Gasteiger partial charge in [0.1, 0.15) is 18.1 Å². The van der Waals surface area contributed by atoms with E-state index in [0.29, 0.717) is 23.8 Å². The summed E-state index contributed by atoms with van der Waals surface area (Å²) in [6, 6.07) is 13.3. The minimum Gasteiger partial charge on any atom is -0.497 e. The first-order chi connectivity index (χ1) is 10.5. The highest BCUT2D eigenvalue weighted by molar-refractivity contribution is 7.92. The van der Waals surface area contributed by atoms with E-state index in [-0.39, 0.29) is 10.9 Å². The third kappa shape index (κ3) is 2.39. The number of rotatable bonds is 3. The zero-order chi connectivity index (χ0) is 15.7. The molecule has 0 radical (unpaired) electrons. The molecule has 2 aromatic carbocycles. The van der Waals surface area contributed by atoms with Crippen molar-refractivity contribution in [1.82, 2.24) is 0 Å². The van der Waals surface area contributed by atoms with Crippen LogP contribution in [-0.4, -0.2) is 28.2 Å². The summed E-state index contributed by atoms with van der Waals surface area (Å²) in [7, 11) is -2.11. The van der Waals surface area contributed by atoms with Crippen LogP contribution in [-0.2, 0) is 10.0 Å². The fourth-order valence-electron chi connectivity index (χ4n) is 2.50. The van der Waals surface area contributed by atoms with Crippen LogP contribution < -0.4 is 13.8 Å². The van der Waals surface area contributed by atoms with E-state index in [1.807, 2.05) is 13.0 Å². The van der Waals surface area contributed by atoms with Gasteiger partial charge < -0.3 is 9.47 Å². The fraction of sp³-hybridized carbons (Fsp3) is 0.250. The average Bonchev–Trinajstić information content (AvgIpc) is 2.54. The lowest BCUT2D eigenvalue weighted by Gasteiger charge is -2.35. The molecule has 6 heteroatoms. The van der Waals surface area contributed by atoms with Gasteiger partial charge in [0.2, 0.25) is 0 Å². The van der Waals surface area contributed by atoms with Gasteiger partial charge >= 0.3 is 0 Å². The van der Waals surface area contributed by atoms with E-state index >= 15 is 0 Å². The molecule has 2 aromatic rings. The Bertz CT molecular complexity index is 771. The minimum atomic E-state index is -3.65. The number of benzene rings is 2. The zero-order valence-corrected chi connectivity index (χ0v) is 13.2. The van der Waals surface area contributed by atoms with E-state index in [4.69, 9.17) is 9.47 Å². The lowest BCUT2D eigenvalue weighted by Crippen LogP contribution is -2.44. The van der Waals surface area contributed by atoms with Crippen molar-refractivity contribution in [2.45, 2.75) is 17.9 Å². The van der Waals surface area contributed by atoms with E-state index in [9.17, 15) is 8.42 Å². The first-order valence-electron chi connectivity index (χ1n) is 6.94. The highest BCUT2D eigenvalue weighted by atomic mass is 32.2. The number of methoxy groups -OCH3 is 1. The maximum absolute atomic E-state index is 13.0. The summed E-state index contributed by atoms with van der Waals surface area (Å²) in [4.78, 5) is 0.233. The Balaban J connectivity index is 2.07. The molecule has 1 atom stereocenters. The van der Waals surface area contributed by atoms with Crippen molar-refractivity contribution in [2.75, 3.05) is 18.0 Å². The molecule has 0 bridgehead atoms. The molecule has 116 valence electrons. The second kappa shape index (κ2) is 5.53. The van der Waals surface area contributed by atoms with Crippen molar-refractivity contribution in [3.63, 3.8) is 0 Å². The molecule has 0 fully saturated rings. The SMILES string of the molecule is COc1ccc(S(=O)(=O)N2c3ccccc3OC[C@H]2C)cc1. The number of sulfonamides is 1. The maximum atomic E-state index is 13.0. The highest BCUT2D eigenvalue weighted by Gasteiger charge is 2.34. The molecule has 0 amide bonds. The number of para-hydroxylation sites is 2. The Kier molecular flexibility index (Phi) is 3.70. The van der Waals surface area contributed by atoms with E-state index in [1.165, 1.54) is 4.31 Å². The Hall–Kier alpha value is -2.21. The van der Waals surface area contributed by atoms with Crippen LogP contribution in [0, 0.1) is 0 Å². The van der Waals surface area contributed by atoms with Crippen LogP contribution in [0.2, 0.25) is 0 Å². The van der Waals surface area contributed by atoms with Gasteiger partial charge in [-0.15, -0.1) is 0 Å². The molecule has 1 heterocycles. The largest absolute Gasteiger partial charge is 0.497 e. The molecule has 1 aliphatic heterocycles. The summed E-state index contributed by atoms with van der Waals surface area (Å²) in [6.45, 7) is 2.16. The Labute approximate surface area is 130 Å². The number of anilines is 1. The van der Waals surface area contributed by atoms with Crippen LogP contribution >= 0.6 is 0 Å². The third-order valence-corrected chi connectivity index (χ3v) is 5.54. The molecule has 5 nitrogen and oxygen atoms in total. The molecule has 3 rings (SSSR count). The summed E-state index contributed by atoms with van der Waals surface area (Å²) in [5, 5.41) is 0. The van der Waals surface area contributed by atoms with E-state index in [0.717, 1.165) is 0 Å². The van der Waals surface area contributed by atoms with Gasteiger partial charge in [-0.2, -0.15) is 0 Å². The van der Waals surface area contributed by atoms with Crippen LogP contribution in [0.25, 0.3) is 0 Å². The van der Waals surface area contributed by atoms with Gasteiger partial charge in [0, 0.05) is 0 Å². The topological polar surface area (TPSA) is 55.8 Å². The standard InChI is InChI=1S/C16H17NO4S/c1-12-11-21-16-6-4-3-5-15(16)17(12)22(18,19)14-9-7-13(20-2)8-10-14/h3-10,12H,11H2,1-2H3/t12-/m1/s1. The van der Waals surface area contributed by atoms with Crippen molar-refractivity contribution in [2.24, 2.45) is 0 Å². The van der Waals surface area contributed by atoms with Crippen LogP contribution in [0.1, 0.15) is 6.92 Å². The first-order valence-corrected chi connectivity index (χ1v) is 8.38. The average molecular weight is 319 g/mol. The molecule has 0 N–H and O–H groups in total. The zero-order valence-electron chi connectivity index (χ0n) is 12.4. The quantitative estimate of drug-likeness (QED) is 0.873. The summed E-state index contributed by atoms with van der Waals surface area (Å²) in [5.41, 5.74) is 0.567. The molecule has 1 aliphatic rings. The second-order valence-electron chi connectivity index (χ2n) is 5.10. The highest BCUT2D eigenvalue weighted by Crippen LogP contribution is 2.37. The van der Waals surface area contributed by atoms with Crippen molar-refractivity contribution in [1.29, 1.82) is 0 Å². The number of hydrogen-bond acceptors (Lipinski definition) is 4. The molecular weight excluding hydrogens is 302 g/mol. The molecular formula is C16H17NO4S. The molecule has 0 unspecified atom stereocenters. The fourth-order valence-corrected chi connectivity index (χ4v) is 4.16. The summed E-state index contributed by atoms with van der Waals surface area (Å²) >= 11 is 0. The molecule has 0 saturated heterocycles. The van der Waals surface area contributed by atoms with Gasteiger partial charge in [0.15, 0.2) is 0 Å². The van der Waals surface area contributed by atoms with Crippen LogP contribution in [0.15, 0.2) is 53.4 Å². The number of fused-ring (bicyclic) bond motifs is 1. The Morgan fingerprint density at radius 1 is 1.14 bits per heavy atom. The van der Waals surface area contributed by atoms with Crippen molar-refractivity contribution in [3.8, 4) is 11.5 Å². The summed E-state index contributed by atoms with van der Waals surface area (Å²) in [6.07, 6.45) is 0. The monoisotopic (exact) mass is 319 g/mol. The van der Waals surface area contributed by atoms with Crippen LogP contribution in [0.4, 0.5) is 5.69 Å². The lowest BCUT2D eigenvalue weighted by atomic mass is 10.2. The summed E-state index contributed by atoms with van der Waals surface area (Å²) < 4.78 is 38.1. The van der Waals surface area contributed by atoms with Crippen molar-refractivity contribution < 1.29 is 17.9 Å². The van der Waals surface area contributed by atoms with E-state index in [2.05, 4.69) is 0 Å².